The lowest BCUT2D eigenvalue weighted by atomic mass is 9.84. The summed E-state index contributed by atoms with van der Waals surface area (Å²) in [4.78, 5) is 21.0. The maximum Gasteiger partial charge on any atom is 0.410 e. The summed E-state index contributed by atoms with van der Waals surface area (Å²) in [7, 11) is 0. The van der Waals surface area contributed by atoms with Gasteiger partial charge in [-0.05, 0) is 33.6 Å². The van der Waals surface area contributed by atoms with E-state index in [2.05, 4.69) is 15.2 Å². The molecule has 0 aromatic carbocycles. The van der Waals surface area contributed by atoms with Crippen LogP contribution in [-0.2, 0) is 9.47 Å². The number of carbonyl (C=O) groups is 1. The molecule has 0 aromatic rings. The molecule has 0 aromatic heterocycles. The van der Waals surface area contributed by atoms with Crippen LogP contribution in [0.1, 0.15) is 33.6 Å². The van der Waals surface area contributed by atoms with E-state index in [0.29, 0.717) is 26.2 Å². The highest BCUT2D eigenvalue weighted by molar-refractivity contribution is 5.82. The molecule has 0 bridgehead atoms. The zero-order valence-corrected chi connectivity index (χ0v) is 16.2. The fraction of sp³-hybridized carbons (Fsp3) is 0.889. The lowest BCUT2D eigenvalue weighted by Gasteiger charge is -2.39. The number of carbonyl (C=O) groups excluding carboxylic acids is 1. The molecule has 0 radical (unpaired) electrons. The van der Waals surface area contributed by atoms with Crippen molar-refractivity contribution in [1.29, 1.82) is 0 Å². The number of amides is 1. The number of nitrogens with one attached hydrogen (secondary N) is 1. The van der Waals surface area contributed by atoms with Crippen LogP contribution in [-0.4, -0.2) is 91.1 Å². The van der Waals surface area contributed by atoms with E-state index < -0.39 is 5.60 Å². The van der Waals surface area contributed by atoms with E-state index in [1.54, 1.807) is 4.90 Å². The smallest absolute Gasteiger partial charge is 0.410 e. The highest BCUT2D eigenvalue weighted by Gasteiger charge is 2.39. The van der Waals surface area contributed by atoms with Gasteiger partial charge in [-0.2, -0.15) is 0 Å². The van der Waals surface area contributed by atoms with Crippen LogP contribution in [0.4, 0.5) is 4.79 Å². The minimum Gasteiger partial charge on any atom is -0.444 e. The van der Waals surface area contributed by atoms with Crippen molar-refractivity contribution < 1.29 is 19.4 Å². The second kappa shape index (κ2) is 7.60. The van der Waals surface area contributed by atoms with Gasteiger partial charge in [-0.3, -0.25) is 4.99 Å². The lowest BCUT2D eigenvalue weighted by Crippen LogP contribution is -2.58. The zero-order chi connectivity index (χ0) is 18.8. The van der Waals surface area contributed by atoms with E-state index in [4.69, 9.17) is 9.47 Å². The molecule has 0 aliphatic carbocycles. The van der Waals surface area contributed by atoms with Crippen molar-refractivity contribution in [1.82, 2.24) is 15.1 Å². The van der Waals surface area contributed by atoms with Crippen molar-refractivity contribution in [3.8, 4) is 0 Å². The highest BCUT2D eigenvalue weighted by atomic mass is 16.6. The molecule has 2 atom stereocenters. The van der Waals surface area contributed by atoms with Gasteiger partial charge in [0.2, 0.25) is 0 Å². The highest BCUT2D eigenvalue weighted by Crippen LogP contribution is 2.31. The third-order valence-electron chi connectivity index (χ3n) is 5.31. The van der Waals surface area contributed by atoms with Crippen LogP contribution < -0.4 is 5.32 Å². The molecule has 3 aliphatic rings. The number of ether oxygens (including phenoxy) is 2. The molecule has 2 fully saturated rings. The van der Waals surface area contributed by atoms with Crippen LogP contribution in [0, 0.1) is 5.41 Å². The molecule has 2 N–H and O–H groups in total. The minimum atomic E-state index is -0.475. The third-order valence-corrected chi connectivity index (χ3v) is 5.31. The van der Waals surface area contributed by atoms with Crippen molar-refractivity contribution in [3.05, 3.63) is 0 Å². The molecule has 2 unspecified atom stereocenters. The Kier molecular flexibility index (Phi) is 5.62. The first-order valence-electron chi connectivity index (χ1n) is 9.53. The Morgan fingerprint density at radius 2 is 2.27 bits per heavy atom. The molecule has 3 aliphatic heterocycles. The van der Waals surface area contributed by atoms with E-state index >= 15 is 0 Å². The van der Waals surface area contributed by atoms with Crippen molar-refractivity contribution in [2.24, 2.45) is 10.4 Å². The molecule has 8 heteroatoms. The van der Waals surface area contributed by atoms with Gasteiger partial charge >= 0.3 is 6.09 Å². The Hall–Kier alpha value is -1.54. The van der Waals surface area contributed by atoms with Crippen LogP contribution in [0.3, 0.4) is 0 Å². The number of hydrogen-bond donors (Lipinski definition) is 2. The standard InChI is InChI=1S/C18H32N4O4/c1-17(2,3)26-16(24)21-6-7-22-14(11-21)10-19-15(22)20-12-18(4-8-23)5-9-25-13-18/h14,23H,4-13H2,1-3H3,(H,19,20). The summed E-state index contributed by atoms with van der Waals surface area (Å²) in [5.74, 6) is 0.906. The number of guanidine groups is 1. The number of rotatable bonds is 4. The molecular weight excluding hydrogens is 336 g/mol. The quantitative estimate of drug-likeness (QED) is 0.758. The van der Waals surface area contributed by atoms with Crippen LogP contribution in [0.2, 0.25) is 0 Å². The van der Waals surface area contributed by atoms with Crippen LogP contribution in [0.5, 0.6) is 0 Å². The van der Waals surface area contributed by atoms with Gasteiger partial charge in [0.1, 0.15) is 5.60 Å². The average Bonchev–Trinajstić information content (AvgIpc) is 3.18. The van der Waals surface area contributed by atoms with Gasteiger partial charge in [-0.15, -0.1) is 0 Å². The maximum atomic E-state index is 12.3. The van der Waals surface area contributed by atoms with E-state index in [1.807, 2.05) is 20.8 Å². The Balaban J connectivity index is 1.51. The van der Waals surface area contributed by atoms with E-state index in [9.17, 15) is 9.90 Å². The second-order valence-corrected chi connectivity index (χ2v) is 8.57. The second-order valence-electron chi connectivity index (χ2n) is 8.57. The summed E-state index contributed by atoms with van der Waals surface area (Å²) in [6.07, 6.45) is 1.45. The molecule has 8 nitrogen and oxygen atoms in total. The van der Waals surface area contributed by atoms with Crippen molar-refractivity contribution in [2.45, 2.75) is 45.3 Å². The van der Waals surface area contributed by atoms with Crippen molar-refractivity contribution >= 4 is 12.1 Å². The Bertz CT molecular complexity index is 540. The van der Waals surface area contributed by atoms with Gasteiger partial charge in [-0.1, -0.05) is 0 Å². The lowest BCUT2D eigenvalue weighted by molar-refractivity contribution is 0.0137. The fourth-order valence-corrected chi connectivity index (χ4v) is 3.80. The van der Waals surface area contributed by atoms with Crippen LogP contribution in [0.25, 0.3) is 0 Å². The molecule has 1 amide bonds. The van der Waals surface area contributed by atoms with Gasteiger partial charge in [-0.25, -0.2) is 4.79 Å². The molecule has 3 heterocycles. The molecule has 0 saturated carbocycles. The average molecular weight is 368 g/mol. The molecular formula is C18H32N4O4. The number of fused-ring (bicyclic) bond motifs is 1. The first-order chi connectivity index (χ1) is 12.3. The number of hydrogen-bond acceptors (Lipinski definition) is 7. The number of nitrogens with zero attached hydrogens (tertiary/aromatic N) is 3. The minimum absolute atomic E-state index is 0.00626. The molecule has 0 spiro atoms. The van der Waals surface area contributed by atoms with E-state index in [-0.39, 0.29) is 24.2 Å². The summed E-state index contributed by atoms with van der Waals surface area (Å²) in [5, 5.41) is 12.8. The molecule has 3 rings (SSSR count). The van der Waals surface area contributed by atoms with Crippen LogP contribution in [0.15, 0.2) is 4.99 Å². The largest absolute Gasteiger partial charge is 0.444 e. The normalized spacial score (nSPS) is 28.8. The van der Waals surface area contributed by atoms with E-state index in [0.717, 1.165) is 38.5 Å². The third kappa shape index (κ3) is 4.40. The summed E-state index contributed by atoms with van der Waals surface area (Å²) in [6, 6.07) is 0.201. The zero-order valence-electron chi connectivity index (χ0n) is 16.2. The first-order valence-corrected chi connectivity index (χ1v) is 9.53. The topological polar surface area (TPSA) is 86.6 Å². The monoisotopic (exact) mass is 368 g/mol. The molecule has 2 saturated heterocycles. The van der Waals surface area contributed by atoms with Gasteiger partial charge in [0.25, 0.3) is 0 Å². The molecule has 26 heavy (non-hydrogen) atoms. The van der Waals surface area contributed by atoms with Crippen LogP contribution >= 0.6 is 0 Å². The first kappa shape index (κ1) is 19.2. The Morgan fingerprint density at radius 1 is 1.46 bits per heavy atom. The summed E-state index contributed by atoms with van der Waals surface area (Å²) in [6.45, 7) is 10.7. The number of aliphatic hydroxyl groups is 1. The van der Waals surface area contributed by atoms with Crippen molar-refractivity contribution in [2.75, 3.05) is 52.5 Å². The fourth-order valence-electron chi connectivity index (χ4n) is 3.80. The predicted octanol–water partition coefficient (Wildman–Crippen LogP) is 0.656. The Labute approximate surface area is 155 Å². The maximum absolute atomic E-state index is 12.3. The SMILES string of the molecule is CC(C)(C)OC(=O)N1CCN2C(NCC3(CCO)CCOC3)=NCC2C1. The summed E-state index contributed by atoms with van der Waals surface area (Å²) >= 11 is 0. The number of aliphatic imine (C=N–C) groups is 1. The summed E-state index contributed by atoms with van der Waals surface area (Å²) < 4.78 is 11.0. The van der Waals surface area contributed by atoms with Gasteiger partial charge in [0.15, 0.2) is 5.96 Å². The van der Waals surface area contributed by atoms with Gasteiger partial charge < -0.3 is 29.7 Å². The van der Waals surface area contributed by atoms with Gasteiger partial charge in [0.05, 0.1) is 19.2 Å². The van der Waals surface area contributed by atoms with Gasteiger partial charge in [0, 0.05) is 44.8 Å². The number of piperazine rings is 1. The molecule has 148 valence electrons. The predicted molar refractivity (Wildman–Crippen MR) is 98.2 cm³/mol. The van der Waals surface area contributed by atoms with Crippen molar-refractivity contribution in [3.63, 3.8) is 0 Å². The number of aliphatic hydroxyl groups excluding tert-OH is 1. The Morgan fingerprint density at radius 3 is 2.92 bits per heavy atom. The van der Waals surface area contributed by atoms with E-state index in [1.165, 1.54) is 0 Å². The summed E-state index contributed by atoms with van der Waals surface area (Å²) in [5.41, 5.74) is -0.481.